The molecule has 0 aromatic heterocycles. The average Bonchev–Trinajstić information content (AvgIpc) is 2.44. The molecule has 120 valence electrons. The fraction of sp³-hybridized carbons (Fsp3) is 0.600. The Bertz CT molecular complexity index is 407. The van der Waals surface area contributed by atoms with Crippen molar-refractivity contribution >= 4 is 27.7 Å². The number of halogens is 3. The number of unbranched alkanes of at least 4 members (excludes halogenated alkanes) is 3. The summed E-state index contributed by atoms with van der Waals surface area (Å²) in [5.74, 6) is 1.46. The second kappa shape index (κ2) is 11.3. The molecule has 2 nitrogen and oxygen atoms in total. The molecule has 0 bridgehead atoms. The zero-order valence-electron chi connectivity index (χ0n) is 12.2. The standard InChI is InChI=1S/C15H22BrF2NOS/c1-21-9-5-3-2-4-8-19-11-12-10-13(16)6-7-14(12)20-15(17)18/h6-7,10,15,19H,2-5,8-9,11H2,1H3. The highest BCUT2D eigenvalue weighted by atomic mass is 79.9. The molecule has 0 heterocycles. The number of alkyl halides is 2. The van der Waals surface area contributed by atoms with Gasteiger partial charge in [0.25, 0.3) is 0 Å². The van der Waals surface area contributed by atoms with Crippen molar-refractivity contribution in [2.75, 3.05) is 18.6 Å². The molecule has 0 aliphatic heterocycles. The minimum atomic E-state index is -2.79. The molecule has 0 spiro atoms. The Labute approximate surface area is 138 Å². The third-order valence-electron chi connectivity index (χ3n) is 3.01. The van der Waals surface area contributed by atoms with Crippen molar-refractivity contribution in [3.8, 4) is 5.75 Å². The molecular formula is C15H22BrF2NOS. The maximum absolute atomic E-state index is 12.3. The summed E-state index contributed by atoms with van der Waals surface area (Å²) in [5.41, 5.74) is 0.743. The summed E-state index contributed by atoms with van der Waals surface area (Å²) in [7, 11) is 0. The van der Waals surface area contributed by atoms with Gasteiger partial charge in [0.15, 0.2) is 0 Å². The predicted molar refractivity (Wildman–Crippen MR) is 89.3 cm³/mol. The van der Waals surface area contributed by atoms with E-state index in [0.29, 0.717) is 6.54 Å². The number of thioether (sulfide) groups is 1. The molecule has 0 amide bonds. The smallest absolute Gasteiger partial charge is 0.387 e. The van der Waals surface area contributed by atoms with E-state index in [1.165, 1.54) is 25.0 Å². The first-order valence-corrected chi connectivity index (χ1v) is 9.25. The zero-order valence-corrected chi connectivity index (χ0v) is 14.6. The second-order valence-electron chi connectivity index (χ2n) is 4.71. The van der Waals surface area contributed by atoms with E-state index in [1.807, 2.05) is 17.8 Å². The van der Waals surface area contributed by atoms with Crippen LogP contribution in [0.25, 0.3) is 0 Å². The summed E-state index contributed by atoms with van der Waals surface area (Å²) >= 11 is 5.23. The lowest BCUT2D eigenvalue weighted by molar-refractivity contribution is -0.0505. The van der Waals surface area contributed by atoms with E-state index in [2.05, 4.69) is 32.2 Å². The van der Waals surface area contributed by atoms with Crippen LogP contribution in [-0.4, -0.2) is 25.2 Å². The molecule has 0 aliphatic carbocycles. The van der Waals surface area contributed by atoms with Crippen LogP contribution >= 0.6 is 27.7 Å². The van der Waals surface area contributed by atoms with E-state index in [1.54, 1.807) is 12.1 Å². The number of ether oxygens (including phenoxy) is 1. The SMILES string of the molecule is CSCCCCCCNCc1cc(Br)ccc1OC(F)F. The van der Waals surface area contributed by atoms with Gasteiger partial charge in [0.1, 0.15) is 5.75 Å². The highest BCUT2D eigenvalue weighted by molar-refractivity contribution is 9.10. The Morgan fingerprint density at radius 3 is 2.71 bits per heavy atom. The van der Waals surface area contributed by atoms with Crippen LogP contribution in [-0.2, 0) is 6.54 Å². The molecule has 1 aromatic carbocycles. The van der Waals surface area contributed by atoms with Gasteiger partial charge >= 0.3 is 6.61 Å². The van der Waals surface area contributed by atoms with E-state index >= 15 is 0 Å². The van der Waals surface area contributed by atoms with Gasteiger partial charge in [0, 0.05) is 16.6 Å². The molecule has 0 saturated carbocycles. The minimum absolute atomic E-state index is 0.237. The van der Waals surface area contributed by atoms with Gasteiger partial charge in [-0.2, -0.15) is 20.5 Å². The molecule has 6 heteroatoms. The van der Waals surface area contributed by atoms with E-state index < -0.39 is 6.61 Å². The van der Waals surface area contributed by atoms with Gasteiger partial charge in [-0.25, -0.2) is 0 Å². The van der Waals surface area contributed by atoms with Gasteiger partial charge < -0.3 is 10.1 Å². The summed E-state index contributed by atoms with van der Waals surface area (Å²) in [5, 5.41) is 3.28. The van der Waals surface area contributed by atoms with Crippen LogP contribution in [0.15, 0.2) is 22.7 Å². The number of rotatable bonds is 11. The number of hydrogen-bond acceptors (Lipinski definition) is 3. The maximum atomic E-state index is 12.3. The summed E-state index contributed by atoms with van der Waals surface area (Å²) in [4.78, 5) is 0. The first kappa shape index (κ1) is 18.7. The van der Waals surface area contributed by atoms with E-state index in [0.717, 1.165) is 23.0 Å². The van der Waals surface area contributed by atoms with Gasteiger partial charge in [0.05, 0.1) is 0 Å². The van der Waals surface area contributed by atoms with Crippen molar-refractivity contribution in [1.29, 1.82) is 0 Å². The topological polar surface area (TPSA) is 21.3 Å². The number of nitrogens with one attached hydrogen (secondary N) is 1. The van der Waals surface area contributed by atoms with Crippen molar-refractivity contribution in [2.45, 2.75) is 38.8 Å². The largest absolute Gasteiger partial charge is 0.434 e. The Hall–Kier alpha value is -0.330. The highest BCUT2D eigenvalue weighted by Crippen LogP contribution is 2.24. The van der Waals surface area contributed by atoms with Gasteiger partial charge in [-0.15, -0.1) is 0 Å². The summed E-state index contributed by atoms with van der Waals surface area (Å²) in [6, 6.07) is 5.08. The molecular weight excluding hydrogens is 360 g/mol. The van der Waals surface area contributed by atoms with E-state index in [-0.39, 0.29) is 5.75 Å². The highest BCUT2D eigenvalue weighted by Gasteiger charge is 2.09. The molecule has 0 aliphatic rings. The Balaban J connectivity index is 2.29. The fourth-order valence-electron chi connectivity index (χ4n) is 1.97. The third kappa shape index (κ3) is 8.63. The van der Waals surface area contributed by atoms with Crippen molar-refractivity contribution in [2.24, 2.45) is 0 Å². The van der Waals surface area contributed by atoms with Crippen LogP contribution in [0.1, 0.15) is 31.2 Å². The van der Waals surface area contributed by atoms with Gasteiger partial charge in [-0.3, -0.25) is 0 Å². The molecule has 0 saturated heterocycles. The Morgan fingerprint density at radius 1 is 1.24 bits per heavy atom. The van der Waals surface area contributed by atoms with Crippen LogP contribution in [0.3, 0.4) is 0 Å². The van der Waals surface area contributed by atoms with Crippen LogP contribution in [0.2, 0.25) is 0 Å². The number of hydrogen-bond donors (Lipinski definition) is 1. The van der Waals surface area contributed by atoms with E-state index in [4.69, 9.17) is 0 Å². The van der Waals surface area contributed by atoms with Crippen LogP contribution < -0.4 is 10.1 Å². The second-order valence-corrected chi connectivity index (χ2v) is 6.62. The molecule has 0 atom stereocenters. The maximum Gasteiger partial charge on any atom is 0.387 e. The Kier molecular flexibility index (Phi) is 10.0. The minimum Gasteiger partial charge on any atom is -0.434 e. The molecule has 21 heavy (non-hydrogen) atoms. The zero-order chi connectivity index (χ0) is 15.5. The van der Waals surface area contributed by atoms with Gasteiger partial charge in [-0.1, -0.05) is 28.8 Å². The lowest BCUT2D eigenvalue weighted by atomic mass is 10.2. The summed E-state index contributed by atoms with van der Waals surface area (Å²) in [6.07, 6.45) is 6.94. The van der Waals surface area contributed by atoms with Gasteiger partial charge in [-0.05, 0) is 49.6 Å². The molecule has 0 radical (unpaired) electrons. The van der Waals surface area contributed by atoms with Crippen molar-refractivity contribution < 1.29 is 13.5 Å². The molecule has 1 aromatic rings. The predicted octanol–water partition coefficient (Wildman–Crippen LogP) is 5.06. The molecule has 1 rings (SSSR count). The normalized spacial score (nSPS) is 11.1. The lowest BCUT2D eigenvalue weighted by Gasteiger charge is -2.12. The van der Waals surface area contributed by atoms with Crippen molar-refractivity contribution in [3.63, 3.8) is 0 Å². The summed E-state index contributed by atoms with van der Waals surface area (Å²) < 4.78 is 30.1. The molecule has 1 N–H and O–H groups in total. The van der Waals surface area contributed by atoms with Crippen LogP contribution in [0.5, 0.6) is 5.75 Å². The fourth-order valence-corrected chi connectivity index (χ4v) is 2.87. The van der Waals surface area contributed by atoms with Crippen molar-refractivity contribution in [1.82, 2.24) is 5.32 Å². The van der Waals surface area contributed by atoms with Crippen LogP contribution in [0.4, 0.5) is 8.78 Å². The lowest BCUT2D eigenvalue weighted by Crippen LogP contribution is -2.16. The first-order valence-electron chi connectivity index (χ1n) is 7.06. The Morgan fingerprint density at radius 2 is 2.00 bits per heavy atom. The molecule has 0 unspecified atom stereocenters. The van der Waals surface area contributed by atoms with E-state index in [9.17, 15) is 8.78 Å². The third-order valence-corrected chi connectivity index (χ3v) is 4.20. The average molecular weight is 382 g/mol. The van der Waals surface area contributed by atoms with Gasteiger partial charge in [0.2, 0.25) is 0 Å². The number of benzene rings is 1. The summed E-state index contributed by atoms with van der Waals surface area (Å²) in [6.45, 7) is -1.37. The first-order chi connectivity index (χ1) is 10.1. The molecule has 0 fully saturated rings. The quantitative estimate of drug-likeness (QED) is 0.541. The van der Waals surface area contributed by atoms with Crippen LogP contribution in [0, 0.1) is 0 Å². The monoisotopic (exact) mass is 381 g/mol. The van der Waals surface area contributed by atoms with Crippen molar-refractivity contribution in [3.05, 3.63) is 28.2 Å².